The van der Waals surface area contributed by atoms with Crippen molar-refractivity contribution in [1.29, 1.82) is 0 Å². The van der Waals surface area contributed by atoms with Crippen LogP contribution in [0.15, 0.2) is 143 Å². The summed E-state index contributed by atoms with van der Waals surface area (Å²) in [6, 6.07) is 35.6. The van der Waals surface area contributed by atoms with Gasteiger partial charge < -0.3 is 0 Å². The monoisotopic (exact) mass is 1040 g/mol. The SMILES string of the molecule is CCCN(CCC)S(=O)(=O)c1ccc2c(c1)c(Cl)nn2Cc1ccc(F)cc1.Fc1ccc(Cn2nc(Cl)c3ccccc32)cc1.O=S(=O)(Cl)c1ccc2c(c1)c(Cl)nn2Cc1ccc(F)cc1. The predicted molar refractivity (Wildman–Crippen MR) is 263 cm³/mol. The fourth-order valence-electron chi connectivity index (χ4n) is 7.29. The second-order valence-corrected chi connectivity index (χ2v) is 21.0. The lowest BCUT2D eigenvalue weighted by Crippen LogP contribution is -2.32. The summed E-state index contributed by atoms with van der Waals surface area (Å²) < 4.78 is 94.3. The smallest absolute Gasteiger partial charge is 0.259 e. The molecule has 3 heterocycles. The Labute approximate surface area is 410 Å². The predicted octanol–water partition coefficient (Wildman–Crippen LogP) is 12.4. The maximum absolute atomic E-state index is 13.1. The summed E-state index contributed by atoms with van der Waals surface area (Å²) in [7, 11) is -2.09. The number of para-hydroxylation sites is 1. The number of halogens is 7. The summed E-state index contributed by atoms with van der Waals surface area (Å²) in [5.41, 5.74) is 5.07. The number of sulfonamides is 1. The molecule has 0 saturated heterocycles. The number of rotatable bonds is 13. The molecule has 0 aliphatic heterocycles. The Kier molecular flexibility index (Phi) is 16.2. The van der Waals surface area contributed by atoms with E-state index in [0.717, 1.165) is 46.0 Å². The molecule has 0 N–H and O–H groups in total. The van der Waals surface area contributed by atoms with Crippen molar-refractivity contribution < 1.29 is 30.0 Å². The molecule has 0 atom stereocenters. The minimum atomic E-state index is -3.83. The van der Waals surface area contributed by atoms with Crippen molar-refractivity contribution in [2.75, 3.05) is 13.1 Å². The van der Waals surface area contributed by atoms with Gasteiger partial charge in [0.1, 0.15) is 17.5 Å². The third-order valence-corrected chi connectivity index (χ3v) is 14.7. The molecule has 354 valence electrons. The number of nitrogens with zero attached hydrogens (tertiary/aromatic N) is 7. The van der Waals surface area contributed by atoms with Gasteiger partial charge in [0.15, 0.2) is 15.5 Å². The standard InChI is InChI=1S/C20H23ClFN3O2S.C14H9Cl2FN2O2S.C14H10ClFN2/c1-3-11-24(12-4-2)28(26,27)17-9-10-19-18(13-17)20(21)23-25(19)14-15-5-7-16(22)8-6-15;15-14-12-7-11(22(16,20)21)5-6-13(12)19(18-14)8-9-1-3-10(17)4-2-9;15-14-12-3-1-2-4-13(12)18(17-14)9-10-5-7-11(16)8-6-10/h5-10,13H,3-4,11-12,14H2,1-2H3;1-7H,8H2;1-8H,9H2. The molecule has 0 bridgehead atoms. The van der Waals surface area contributed by atoms with Crippen molar-refractivity contribution in [2.24, 2.45) is 0 Å². The Morgan fingerprint density at radius 3 is 1.24 bits per heavy atom. The van der Waals surface area contributed by atoms with Crippen molar-refractivity contribution in [3.05, 3.63) is 183 Å². The summed E-state index contributed by atoms with van der Waals surface area (Å²) >= 11 is 18.4. The van der Waals surface area contributed by atoms with E-state index in [1.807, 2.05) is 42.8 Å². The first-order valence-electron chi connectivity index (χ1n) is 21.1. The molecule has 0 radical (unpaired) electrons. The van der Waals surface area contributed by atoms with Crippen LogP contribution in [0.3, 0.4) is 0 Å². The van der Waals surface area contributed by atoms with Crippen LogP contribution < -0.4 is 0 Å². The number of hydrogen-bond acceptors (Lipinski definition) is 7. The Hall–Kier alpha value is -5.46. The van der Waals surface area contributed by atoms with Crippen LogP contribution in [0.25, 0.3) is 32.7 Å². The quantitative estimate of drug-likeness (QED) is 0.105. The van der Waals surface area contributed by atoms with E-state index >= 15 is 0 Å². The minimum absolute atomic E-state index is 0.0371. The summed E-state index contributed by atoms with van der Waals surface area (Å²) in [5, 5.41) is 15.7. The lowest BCUT2D eigenvalue weighted by Gasteiger charge is -2.21. The van der Waals surface area contributed by atoms with Crippen LogP contribution in [0, 0.1) is 17.5 Å². The molecule has 0 aliphatic carbocycles. The fourth-order valence-corrected chi connectivity index (χ4v) is 10.5. The average Bonchev–Trinajstić information content (AvgIpc) is 3.93. The molecule has 11 nitrogen and oxygen atoms in total. The maximum Gasteiger partial charge on any atom is 0.261 e. The van der Waals surface area contributed by atoms with Gasteiger partial charge in [0.2, 0.25) is 10.0 Å². The van der Waals surface area contributed by atoms with E-state index in [1.165, 1.54) is 52.8 Å². The molecule has 9 rings (SSSR count). The number of benzene rings is 6. The molecule has 0 fully saturated rings. The van der Waals surface area contributed by atoms with E-state index in [9.17, 15) is 30.0 Å². The second kappa shape index (κ2) is 21.9. The molecule has 3 aromatic heterocycles. The van der Waals surface area contributed by atoms with E-state index in [-0.39, 0.29) is 37.5 Å². The van der Waals surface area contributed by atoms with E-state index in [4.69, 9.17) is 45.5 Å². The zero-order valence-corrected chi connectivity index (χ0v) is 41.0. The highest BCUT2D eigenvalue weighted by molar-refractivity contribution is 8.13. The first kappa shape index (κ1) is 50.4. The van der Waals surface area contributed by atoms with Crippen molar-refractivity contribution in [3.8, 4) is 0 Å². The lowest BCUT2D eigenvalue weighted by molar-refractivity contribution is 0.410. The van der Waals surface area contributed by atoms with Gasteiger partial charge in [0.05, 0.1) is 46.0 Å². The molecule has 20 heteroatoms. The van der Waals surface area contributed by atoms with E-state index in [0.29, 0.717) is 54.2 Å². The Balaban J connectivity index is 0.000000155. The lowest BCUT2D eigenvalue weighted by atomic mass is 10.2. The Morgan fingerprint density at radius 2 is 0.838 bits per heavy atom. The molecular weight excluding hydrogens is 1000 g/mol. The largest absolute Gasteiger partial charge is 0.261 e. The highest BCUT2D eigenvalue weighted by Crippen LogP contribution is 2.30. The summed E-state index contributed by atoms with van der Waals surface area (Å²) in [6.07, 6.45) is 1.50. The Bertz CT molecular complexity index is 3420. The fraction of sp³-hybridized carbons (Fsp3) is 0.188. The van der Waals surface area contributed by atoms with Gasteiger partial charge in [-0.1, -0.05) is 97.2 Å². The van der Waals surface area contributed by atoms with Crippen LogP contribution in [-0.2, 0) is 38.7 Å². The molecule has 0 saturated carbocycles. The number of hydrogen-bond donors (Lipinski definition) is 0. The zero-order valence-electron chi connectivity index (χ0n) is 36.4. The average molecular weight is 1040 g/mol. The van der Waals surface area contributed by atoms with Gasteiger partial charge in [-0.2, -0.15) is 19.6 Å². The first-order chi connectivity index (χ1) is 32.4. The molecule has 68 heavy (non-hydrogen) atoms. The number of fused-ring (bicyclic) bond motifs is 3. The van der Waals surface area contributed by atoms with Gasteiger partial charge in [-0.3, -0.25) is 14.0 Å². The normalized spacial score (nSPS) is 11.8. The van der Waals surface area contributed by atoms with Crippen LogP contribution in [0.5, 0.6) is 0 Å². The number of aromatic nitrogens is 6. The van der Waals surface area contributed by atoms with Crippen molar-refractivity contribution in [3.63, 3.8) is 0 Å². The molecule has 9 aromatic rings. The van der Waals surface area contributed by atoms with Gasteiger partial charge in [-0.05, 0) is 114 Å². The minimum Gasteiger partial charge on any atom is -0.259 e. The first-order valence-corrected chi connectivity index (χ1v) is 25.9. The summed E-state index contributed by atoms with van der Waals surface area (Å²) in [6.45, 7) is 6.24. The van der Waals surface area contributed by atoms with Crippen LogP contribution in [0.2, 0.25) is 15.5 Å². The highest BCUT2D eigenvalue weighted by atomic mass is 35.7. The van der Waals surface area contributed by atoms with E-state index in [2.05, 4.69) is 15.3 Å². The third kappa shape index (κ3) is 12.0. The third-order valence-electron chi connectivity index (χ3n) is 10.6. The van der Waals surface area contributed by atoms with Crippen molar-refractivity contribution in [2.45, 2.75) is 56.1 Å². The van der Waals surface area contributed by atoms with Crippen LogP contribution >= 0.6 is 45.5 Å². The molecule has 0 unspecified atom stereocenters. The van der Waals surface area contributed by atoms with Crippen molar-refractivity contribution >= 4 is 97.3 Å². The second-order valence-electron chi connectivity index (χ2n) is 15.4. The molecular formula is C48H42Cl4F3N7O4S2. The van der Waals surface area contributed by atoms with E-state index < -0.39 is 19.1 Å². The molecule has 0 aliphatic rings. The zero-order chi connectivity index (χ0) is 48.8. The van der Waals surface area contributed by atoms with Gasteiger partial charge >= 0.3 is 0 Å². The summed E-state index contributed by atoms with van der Waals surface area (Å²) in [5.74, 6) is -0.850. The van der Waals surface area contributed by atoms with Gasteiger partial charge in [-0.15, -0.1) is 0 Å². The maximum atomic E-state index is 13.1. The van der Waals surface area contributed by atoms with E-state index in [1.54, 1.807) is 70.0 Å². The van der Waals surface area contributed by atoms with Gasteiger partial charge in [-0.25, -0.2) is 30.0 Å². The Morgan fingerprint density at radius 1 is 0.485 bits per heavy atom. The van der Waals surface area contributed by atoms with Crippen LogP contribution in [0.1, 0.15) is 43.4 Å². The van der Waals surface area contributed by atoms with Crippen LogP contribution in [-0.4, -0.2) is 63.6 Å². The summed E-state index contributed by atoms with van der Waals surface area (Å²) in [4.78, 5) is 0.176. The van der Waals surface area contributed by atoms with Crippen LogP contribution in [0.4, 0.5) is 13.2 Å². The molecule has 0 spiro atoms. The molecule has 0 amide bonds. The van der Waals surface area contributed by atoms with Crippen molar-refractivity contribution in [1.82, 2.24) is 33.6 Å². The highest BCUT2D eigenvalue weighted by Gasteiger charge is 2.25. The molecule has 6 aromatic carbocycles. The van der Waals surface area contributed by atoms with Gasteiger partial charge in [0.25, 0.3) is 9.05 Å². The topological polar surface area (TPSA) is 125 Å². The van der Waals surface area contributed by atoms with Gasteiger partial charge in [0, 0.05) is 39.9 Å².